The van der Waals surface area contributed by atoms with E-state index >= 15 is 0 Å². The van der Waals surface area contributed by atoms with Crippen molar-refractivity contribution in [2.75, 3.05) is 13.7 Å². The summed E-state index contributed by atoms with van der Waals surface area (Å²) in [5.74, 6) is -0.178. The predicted molar refractivity (Wildman–Crippen MR) is 99.2 cm³/mol. The van der Waals surface area contributed by atoms with E-state index < -0.39 is 0 Å². The Morgan fingerprint density at radius 3 is 2.68 bits per heavy atom. The van der Waals surface area contributed by atoms with E-state index in [1.807, 2.05) is 49.7 Å². The first-order valence-electron chi connectivity index (χ1n) is 8.36. The van der Waals surface area contributed by atoms with Crippen molar-refractivity contribution in [2.45, 2.75) is 26.4 Å². The molecule has 0 fully saturated rings. The highest BCUT2D eigenvalue weighted by Crippen LogP contribution is 2.28. The van der Waals surface area contributed by atoms with Gasteiger partial charge in [0.1, 0.15) is 5.52 Å². The lowest BCUT2D eigenvalue weighted by Gasteiger charge is -2.13. The number of carbonyl (C=O) groups is 1. The molecule has 6 heteroatoms. The van der Waals surface area contributed by atoms with Gasteiger partial charge in [-0.3, -0.25) is 9.59 Å². The maximum atomic E-state index is 13.0. The van der Waals surface area contributed by atoms with Crippen LogP contribution in [-0.4, -0.2) is 34.8 Å². The quantitative estimate of drug-likeness (QED) is 0.774. The van der Waals surface area contributed by atoms with E-state index in [1.165, 1.54) is 0 Å². The monoisotopic (exact) mass is 341 g/mol. The first-order valence-corrected chi connectivity index (χ1v) is 8.36. The van der Waals surface area contributed by atoms with Gasteiger partial charge < -0.3 is 19.2 Å². The second kappa shape index (κ2) is 6.72. The Labute approximate surface area is 146 Å². The summed E-state index contributed by atoms with van der Waals surface area (Å²) in [5, 5.41) is 4.54. The van der Waals surface area contributed by atoms with Gasteiger partial charge in [-0.2, -0.15) is 0 Å². The smallest absolute Gasteiger partial charge is 0.275 e. The highest BCUT2D eigenvalue weighted by molar-refractivity contribution is 6.17. The first-order chi connectivity index (χ1) is 12.0. The van der Waals surface area contributed by atoms with Gasteiger partial charge in [-0.15, -0.1) is 0 Å². The highest BCUT2D eigenvalue weighted by atomic mass is 16.5. The zero-order valence-electron chi connectivity index (χ0n) is 15.0. The van der Waals surface area contributed by atoms with Crippen molar-refractivity contribution in [3.8, 4) is 0 Å². The number of rotatable bonds is 5. The number of hydrogen-bond acceptors (Lipinski definition) is 3. The average Bonchev–Trinajstić information content (AvgIpc) is 2.88. The lowest BCUT2D eigenvalue weighted by atomic mass is 10.1. The molecule has 0 unspecified atom stereocenters. The fourth-order valence-electron chi connectivity index (χ4n) is 3.20. The first kappa shape index (κ1) is 17.2. The summed E-state index contributed by atoms with van der Waals surface area (Å²) in [6.07, 6.45) is 1.65. The number of para-hydroxylation sites is 1. The minimum atomic E-state index is -0.178. The van der Waals surface area contributed by atoms with Crippen LogP contribution in [-0.2, 0) is 18.3 Å². The second-order valence-electron chi connectivity index (χ2n) is 6.46. The summed E-state index contributed by atoms with van der Waals surface area (Å²) >= 11 is 0. The van der Waals surface area contributed by atoms with Gasteiger partial charge in [0, 0.05) is 49.2 Å². The molecule has 1 N–H and O–H groups in total. The van der Waals surface area contributed by atoms with Crippen molar-refractivity contribution >= 4 is 27.7 Å². The molecule has 0 saturated heterocycles. The van der Waals surface area contributed by atoms with E-state index in [0.29, 0.717) is 29.6 Å². The van der Waals surface area contributed by atoms with E-state index in [0.717, 1.165) is 10.9 Å². The number of hydrogen-bond donors (Lipinski definition) is 1. The number of fused-ring (bicyclic) bond motifs is 3. The Hall–Kier alpha value is -2.60. The van der Waals surface area contributed by atoms with Crippen LogP contribution >= 0.6 is 0 Å². The Morgan fingerprint density at radius 1 is 1.28 bits per heavy atom. The number of aromatic nitrogens is 2. The number of benzene rings is 1. The molecule has 0 radical (unpaired) electrons. The molecule has 0 atom stereocenters. The van der Waals surface area contributed by atoms with Gasteiger partial charge in [-0.25, -0.2) is 0 Å². The maximum absolute atomic E-state index is 13.0. The van der Waals surface area contributed by atoms with Crippen molar-refractivity contribution in [3.63, 3.8) is 0 Å². The summed E-state index contributed by atoms with van der Waals surface area (Å²) in [6, 6.07) is 7.76. The Bertz CT molecular complexity index is 998. The molecule has 0 saturated carbocycles. The van der Waals surface area contributed by atoms with E-state index in [4.69, 9.17) is 4.74 Å². The summed E-state index contributed by atoms with van der Waals surface area (Å²) in [7, 11) is 3.45. The summed E-state index contributed by atoms with van der Waals surface area (Å²) in [5.41, 5.74) is 1.86. The van der Waals surface area contributed by atoms with Crippen molar-refractivity contribution in [1.29, 1.82) is 0 Å². The summed E-state index contributed by atoms with van der Waals surface area (Å²) in [6.45, 7) is 4.63. The van der Waals surface area contributed by atoms with Crippen LogP contribution in [0.1, 0.15) is 24.2 Å². The second-order valence-corrected chi connectivity index (χ2v) is 6.46. The van der Waals surface area contributed by atoms with E-state index in [2.05, 4.69) is 5.32 Å². The predicted octanol–water partition coefficient (Wildman–Crippen LogP) is 2.28. The van der Waals surface area contributed by atoms with Gasteiger partial charge in [-0.1, -0.05) is 18.2 Å². The SMILES string of the molecule is COCCn1cc(C(=O)NC(C)C)c2c3ccccc3n(C)c2c1=O. The minimum absolute atomic E-state index is 0.0110. The van der Waals surface area contributed by atoms with Crippen LogP contribution in [0.5, 0.6) is 0 Å². The average molecular weight is 341 g/mol. The number of nitrogens with zero attached hydrogens (tertiary/aromatic N) is 2. The molecule has 2 heterocycles. The molecule has 132 valence electrons. The molecule has 3 rings (SSSR count). The standard InChI is InChI=1S/C19H23N3O3/c1-12(2)20-18(23)14-11-22(9-10-25-4)19(24)17-16(14)13-7-5-6-8-15(13)21(17)3/h5-8,11-12H,9-10H2,1-4H3,(H,20,23). The molecule has 0 aliphatic rings. The Balaban J connectivity index is 2.38. The van der Waals surface area contributed by atoms with Gasteiger partial charge in [0.25, 0.3) is 11.5 Å². The number of carbonyl (C=O) groups excluding carboxylic acids is 1. The Morgan fingerprint density at radius 2 is 2.00 bits per heavy atom. The molecule has 0 bridgehead atoms. The van der Waals surface area contributed by atoms with Crippen LogP contribution < -0.4 is 10.9 Å². The summed E-state index contributed by atoms with van der Waals surface area (Å²) in [4.78, 5) is 25.8. The Kier molecular flexibility index (Phi) is 4.63. The van der Waals surface area contributed by atoms with E-state index in [-0.39, 0.29) is 17.5 Å². The third-order valence-corrected chi connectivity index (χ3v) is 4.33. The fourth-order valence-corrected chi connectivity index (χ4v) is 3.20. The minimum Gasteiger partial charge on any atom is -0.383 e. The largest absolute Gasteiger partial charge is 0.383 e. The molecule has 6 nitrogen and oxygen atoms in total. The molecular formula is C19H23N3O3. The van der Waals surface area contributed by atoms with Crippen LogP contribution in [0.25, 0.3) is 21.8 Å². The molecule has 0 aliphatic heterocycles. The number of methoxy groups -OCH3 is 1. The van der Waals surface area contributed by atoms with Crippen molar-refractivity contribution < 1.29 is 9.53 Å². The molecule has 0 spiro atoms. The van der Waals surface area contributed by atoms with Gasteiger partial charge in [-0.05, 0) is 19.9 Å². The fraction of sp³-hybridized carbons (Fsp3) is 0.368. The van der Waals surface area contributed by atoms with Crippen LogP contribution in [0.4, 0.5) is 0 Å². The molecule has 1 aromatic carbocycles. The van der Waals surface area contributed by atoms with Crippen molar-refractivity contribution in [3.05, 3.63) is 46.4 Å². The van der Waals surface area contributed by atoms with Gasteiger partial charge in [0.2, 0.25) is 0 Å². The van der Waals surface area contributed by atoms with E-state index in [1.54, 1.807) is 17.9 Å². The number of pyridine rings is 1. The molecular weight excluding hydrogens is 318 g/mol. The van der Waals surface area contributed by atoms with E-state index in [9.17, 15) is 9.59 Å². The zero-order valence-corrected chi connectivity index (χ0v) is 15.0. The van der Waals surface area contributed by atoms with Crippen LogP contribution in [0.2, 0.25) is 0 Å². The number of aryl methyl sites for hydroxylation is 1. The normalized spacial score (nSPS) is 11.6. The number of nitrogens with one attached hydrogen (secondary N) is 1. The van der Waals surface area contributed by atoms with Crippen LogP contribution in [0, 0.1) is 0 Å². The van der Waals surface area contributed by atoms with Gasteiger partial charge in [0.15, 0.2) is 0 Å². The molecule has 1 amide bonds. The lowest BCUT2D eigenvalue weighted by molar-refractivity contribution is 0.0943. The molecule has 0 aliphatic carbocycles. The molecule has 25 heavy (non-hydrogen) atoms. The maximum Gasteiger partial charge on any atom is 0.275 e. The topological polar surface area (TPSA) is 65.3 Å². The lowest BCUT2D eigenvalue weighted by Crippen LogP contribution is -2.32. The highest BCUT2D eigenvalue weighted by Gasteiger charge is 2.21. The van der Waals surface area contributed by atoms with Gasteiger partial charge >= 0.3 is 0 Å². The molecule has 3 aromatic rings. The van der Waals surface area contributed by atoms with Crippen LogP contribution in [0.15, 0.2) is 35.3 Å². The van der Waals surface area contributed by atoms with Crippen molar-refractivity contribution in [1.82, 2.24) is 14.5 Å². The van der Waals surface area contributed by atoms with Crippen LogP contribution in [0.3, 0.4) is 0 Å². The number of amides is 1. The number of ether oxygens (including phenoxy) is 1. The zero-order chi connectivity index (χ0) is 18.1. The van der Waals surface area contributed by atoms with Gasteiger partial charge in [0.05, 0.1) is 12.2 Å². The third kappa shape index (κ3) is 2.93. The van der Waals surface area contributed by atoms with Crippen molar-refractivity contribution in [2.24, 2.45) is 7.05 Å². The summed E-state index contributed by atoms with van der Waals surface area (Å²) < 4.78 is 8.52. The third-order valence-electron chi connectivity index (χ3n) is 4.33. The molecule has 2 aromatic heterocycles.